The van der Waals surface area contributed by atoms with Crippen LogP contribution in [-0.4, -0.2) is 33.5 Å². The highest BCUT2D eigenvalue weighted by atomic mass is 35.5. The molecule has 1 unspecified atom stereocenters. The molecule has 4 rings (SSSR count). The molecule has 1 aromatic carbocycles. The number of nitrogens with one attached hydrogen (secondary N) is 3. The van der Waals surface area contributed by atoms with Crippen LogP contribution in [0.3, 0.4) is 0 Å². The predicted octanol–water partition coefficient (Wildman–Crippen LogP) is 5.03. The molecular weight excluding hydrogens is 436 g/mol. The van der Waals surface area contributed by atoms with Crippen molar-refractivity contribution in [2.75, 3.05) is 17.7 Å². The molecule has 33 heavy (non-hydrogen) atoms. The van der Waals surface area contributed by atoms with Gasteiger partial charge >= 0.3 is 0 Å². The van der Waals surface area contributed by atoms with Gasteiger partial charge in [-0.3, -0.25) is 4.79 Å². The van der Waals surface area contributed by atoms with Crippen molar-refractivity contribution in [2.45, 2.75) is 51.1 Å². The number of amides is 1. The summed E-state index contributed by atoms with van der Waals surface area (Å²) >= 11 is 5.98. The van der Waals surface area contributed by atoms with E-state index in [1.165, 1.54) is 32.1 Å². The van der Waals surface area contributed by atoms with Crippen molar-refractivity contribution >= 4 is 29.3 Å². The van der Waals surface area contributed by atoms with E-state index in [4.69, 9.17) is 11.6 Å². The first-order valence-electron chi connectivity index (χ1n) is 11.6. The molecule has 0 spiro atoms. The molecule has 0 radical (unpaired) electrons. The predicted molar refractivity (Wildman–Crippen MR) is 133 cm³/mol. The van der Waals surface area contributed by atoms with Crippen molar-refractivity contribution in [1.82, 2.24) is 19.9 Å². The van der Waals surface area contributed by atoms with Crippen LogP contribution < -0.4 is 16.0 Å². The molecule has 1 atom stereocenters. The number of halogens is 1. The summed E-state index contributed by atoms with van der Waals surface area (Å²) in [7, 11) is 1.79. The van der Waals surface area contributed by atoms with Crippen molar-refractivity contribution in [1.29, 1.82) is 0 Å². The fraction of sp³-hybridized carbons (Fsp3) is 0.400. The first-order valence-corrected chi connectivity index (χ1v) is 12.0. The molecule has 3 aromatic rings. The van der Waals surface area contributed by atoms with E-state index in [1.807, 2.05) is 59.4 Å². The molecule has 3 N–H and O–H groups in total. The molecule has 1 aliphatic rings. The third-order valence-corrected chi connectivity index (χ3v) is 6.37. The van der Waals surface area contributed by atoms with E-state index in [2.05, 4.69) is 25.9 Å². The van der Waals surface area contributed by atoms with Crippen LogP contribution >= 0.6 is 11.6 Å². The number of benzene rings is 1. The Balaban J connectivity index is 1.51. The van der Waals surface area contributed by atoms with Gasteiger partial charge in [0.2, 0.25) is 11.9 Å². The highest BCUT2D eigenvalue weighted by molar-refractivity contribution is 6.30. The monoisotopic (exact) mass is 466 g/mol. The number of aromatic nitrogens is 3. The largest absolute Gasteiger partial charge is 0.358 e. The molecule has 174 valence electrons. The Kier molecular flexibility index (Phi) is 7.83. The summed E-state index contributed by atoms with van der Waals surface area (Å²) in [4.78, 5) is 22.4. The Bertz CT molecular complexity index is 1030. The number of nitrogens with zero attached hydrogens (tertiary/aromatic N) is 3. The van der Waals surface area contributed by atoms with Crippen LogP contribution in [0.1, 0.15) is 44.1 Å². The van der Waals surface area contributed by atoms with Gasteiger partial charge in [0.25, 0.3) is 0 Å². The lowest BCUT2D eigenvalue weighted by atomic mass is 9.84. The van der Waals surface area contributed by atoms with Gasteiger partial charge in [-0.1, -0.05) is 55.8 Å². The zero-order valence-corrected chi connectivity index (χ0v) is 19.7. The molecule has 8 heteroatoms. The van der Waals surface area contributed by atoms with Crippen molar-refractivity contribution in [3.63, 3.8) is 0 Å². The standard InChI is InChI=1S/C25H31ClN6O/c1-27-25-30-22(16-23(31-25)32-13-5-6-14-32)29-21(15-18-7-3-2-4-8-18)24(33)28-17-19-9-11-20(26)12-10-19/h5-6,9-14,16,18,21H,2-4,7-8,15,17H2,1H3,(H,28,33)(H2,27,29,30,31). The van der Waals surface area contributed by atoms with Crippen LogP contribution in [0.25, 0.3) is 5.82 Å². The number of rotatable bonds is 9. The quantitative estimate of drug-likeness (QED) is 0.412. The average molecular weight is 467 g/mol. The summed E-state index contributed by atoms with van der Waals surface area (Å²) in [6, 6.07) is 12.9. The van der Waals surface area contributed by atoms with Crippen LogP contribution in [0, 0.1) is 5.92 Å². The molecule has 0 aliphatic heterocycles. The zero-order valence-electron chi connectivity index (χ0n) is 18.9. The molecule has 1 fully saturated rings. The third kappa shape index (κ3) is 6.48. The summed E-state index contributed by atoms with van der Waals surface area (Å²) in [5, 5.41) is 10.2. The highest BCUT2D eigenvalue weighted by Crippen LogP contribution is 2.28. The van der Waals surface area contributed by atoms with Gasteiger partial charge in [0, 0.05) is 37.1 Å². The highest BCUT2D eigenvalue weighted by Gasteiger charge is 2.25. The van der Waals surface area contributed by atoms with E-state index in [9.17, 15) is 4.79 Å². The van der Waals surface area contributed by atoms with Gasteiger partial charge in [-0.25, -0.2) is 0 Å². The van der Waals surface area contributed by atoms with Crippen molar-refractivity contribution < 1.29 is 4.79 Å². The normalized spacial score (nSPS) is 15.1. The Hall–Kier alpha value is -3.06. The van der Waals surface area contributed by atoms with Gasteiger partial charge in [-0.2, -0.15) is 9.97 Å². The number of anilines is 2. The summed E-state index contributed by atoms with van der Waals surface area (Å²) in [6.45, 7) is 0.457. The average Bonchev–Trinajstić information content (AvgIpc) is 3.39. The zero-order chi connectivity index (χ0) is 23.0. The topological polar surface area (TPSA) is 83.9 Å². The molecule has 1 saturated carbocycles. The van der Waals surface area contributed by atoms with Crippen LogP contribution in [0.2, 0.25) is 5.02 Å². The van der Waals surface area contributed by atoms with Gasteiger partial charge in [0.15, 0.2) is 0 Å². The SMILES string of the molecule is CNc1nc(NC(CC2CCCCC2)C(=O)NCc2ccc(Cl)cc2)cc(-n2cccc2)n1. The van der Waals surface area contributed by atoms with E-state index in [0.717, 1.165) is 17.8 Å². The van der Waals surface area contributed by atoms with E-state index in [-0.39, 0.29) is 11.9 Å². The lowest BCUT2D eigenvalue weighted by Gasteiger charge is -2.27. The van der Waals surface area contributed by atoms with E-state index in [0.29, 0.717) is 29.3 Å². The lowest BCUT2D eigenvalue weighted by Crippen LogP contribution is -2.41. The van der Waals surface area contributed by atoms with Crippen LogP contribution in [0.4, 0.5) is 11.8 Å². The van der Waals surface area contributed by atoms with E-state index >= 15 is 0 Å². The molecular formula is C25H31ClN6O. The second kappa shape index (κ2) is 11.2. The number of carbonyl (C=O) groups is 1. The Morgan fingerprint density at radius 3 is 2.55 bits per heavy atom. The Morgan fingerprint density at radius 1 is 1.12 bits per heavy atom. The maximum absolute atomic E-state index is 13.3. The van der Waals surface area contributed by atoms with Crippen LogP contribution in [0.5, 0.6) is 0 Å². The minimum Gasteiger partial charge on any atom is -0.358 e. The fourth-order valence-electron chi connectivity index (χ4n) is 4.32. The number of hydrogen-bond donors (Lipinski definition) is 3. The first kappa shape index (κ1) is 23.1. The molecule has 0 saturated heterocycles. The Morgan fingerprint density at radius 2 is 1.85 bits per heavy atom. The van der Waals surface area contributed by atoms with Crippen molar-refractivity contribution in [2.24, 2.45) is 5.92 Å². The number of hydrogen-bond acceptors (Lipinski definition) is 5. The second-order valence-electron chi connectivity index (χ2n) is 8.56. The smallest absolute Gasteiger partial charge is 0.242 e. The molecule has 2 aromatic heterocycles. The van der Waals surface area contributed by atoms with Crippen molar-refractivity contribution in [3.8, 4) is 5.82 Å². The lowest BCUT2D eigenvalue weighted by molar-refractivity contribution is -0.122. The summed E-state index contributed by atoms with van der Waals surface area (Å²) in [5.74, 6) is 2.37. The van der Waals surface area contributed by atoms with Gasteiger partial charge in [-0.05, 0) is 42.2 Å². The molecule has 1 aliphatic carbocycles. The van der Waals surface area contributed by atoms with Gasteiger partial charge in [0.1, 0.15) is 17.7 Å². The summed E-state index contributed by atoms with van der Waals surface area (Å²) < 4.78 is 1.92. The van der Waals surface area contributed by atoms with Gasteiger partial charge in [-0.15, -0.1) is 0 Å². The molecule has 1 amide bonds. The fourth-order valence-corrected chi connectivity index (χ4v) is 4.45. The second-order valence-corrected chi connectivity index (χ2v) is 8.99. The summed E-state index contributed by atoms with van der Waals surface area (Å²) in [6.07, 6.45) is 10.7. The maximum atomic E-state index is 13.3. The third-order valence-electron chi connectivity index (χ3n) is 6.12. The number of carbonyl (C=O) groups excluding carboxylic acids is 1. The van der Waals surface area contributed by atoms with Gasteiger partial charge in [0.05, 0.1) is 0 Å². The maximum Gasteiger partial charge on any atom is 0.242 e. The summed E-state index contributed by atoms with van der Waals surface area (Å²) in [5.41, 5.74) is 1.01. The molecule has 0 bridgehead atoms. The minimum absolute atomic E-state index is 0.0253. The minimum atomic E-state index is -0.377. The van der Waals surface area contributed by atoms with E-state index in [1.54, 1.807) is 7.05 Å². The van der Waals surface area contributed by atoms with Crippen LogP contribution in [0.15, 0.2) is 54.9 Å². The van der Waals surface area contributed by atoms with Gasteiger partial charge < -0.3 is 20.5 Å². The molecule has 2 heterocycles. The molecule has 7 nitrogen and oxygen atoms in total. The Labute approximate surface area is 200 Å². The van der Waals surface area contributed by atoms with E-state index < -0.39 is 0 Å². The van der Waals surface area contributed by atoms with Crippen molar-refractivity contribution in [3.05, 3.63) is 65.4 Å². The van der Waals surface area contributed by atoms with Crippen LogP contribution in [-0.2, 0) is 11.3 Å². The first-order chi connectivity index (χ1) is 16.1.